The van der Waals surface area contributed by atoms with E-state index in [1.807, 2.05) is 0 Å². The lowest BCUT2D eigenvalue weighted by Crippen LogP contribution is -2.20. The Kier molecular flexibility index (Phi) is 4.20. The topological polar surface area (TPSA) is 41.1 Å². The van der Waals surface area contributed by atoms with Crippen molar-refractivity contribution in [3.63, 3.8) is 0 Å². The standard InChI is InChI=1S/C14H11ClF2N2O/c1-8-6-9(15)2-4-12(8)18-14(20)19-13-5-3-10(16)7-11(13)17/h2-7H,1H3,(H2,18,19,20). The number of hydrogen-bond acceptors (Lipinski definition) is 1. The van der Waals surface area contributed by atoms with Crippen LogP contribution in [0.2, 0.25) is 5.02 Å². The van der Waals surface area contributed by atoms with Gasteiger partial charge in [-0.2, -0.15) is 0 Å². The van der Waals surface area contributed by atoms with Crippen molar-refractivity contribution in [3.8, 4) is 0 Å². The van der Waals surface area contributed by atoms with Crippen LogP contribution in [0.3, 0.4) is 0 Å². The van der Waals surface area contributed by atoms with Gasteiger partial charge in [0.15, 0.2) is 0 Å². The van der Waals surface area contributed by atoms with Crippen LogP contribution in [0.25, 0.3) is 0 Å². The van der Waals surface area contributed by atoms with Crippen molar-refractivity contribution in [1.29, 1.82) is 0 Å². The molecule has 0 saturated carbocycles. The van der Waals surface area contributed by atoms with E-state index in [-0.39, 0.29) is 5.69 Å². The van der Waals surface area contributed by atoms with Gasteiger partial charge in [0.05, 0.1) is 5.69 Å². The third kappa shape index (κ3) is 3.45. The summed E-state index contributed by atoms with van der Waals surface area (Å²) in [5.41, 5.74) is 1.22. The predicted molar refractivity (Wildman–Crippen MR) is 75.2 cm³/mol. The maximum Gasteiger partial charge on any atom is 0.323 e. The van der Waals surface area contributed by atoms with Crippen LogP contribution >= 0.6 is 11.6 Å². The zero-order chi connectivity index (χ0) is 14.7. The summed E-state index contributed by atoms with van der Waals surface area (Å²) in [7, 11) is 0. The van der Waals surface area contributed by atoms with Crippen LogP contribution < -0.4 is 10.6 Å². The Morgan fingerprint density at radius 2 is 1.70 bits per heavy atom. The number of anilines is 2. The van der Waals surface area contributed by atoms with Crippen LogP contribution in [0, 0.1) is 18.6 Å². The number of amides is 2. The van der Waals surface area contributed by atoms with E-state index in [1.165, 1.54) is 0 Å². The summed E-state index contributed by atoms with van der Waals surface area (Å²) in [6, 6.07) is 7.24. The highest BCUT2D eigenvalue weighted by molar-refractivity contribution is 6.30. The molecule has 0 spiro atoms. The second-order valence-corrected chi connectivity index (χ2v) is 4.60. The second-order valence-electron chi connectivity index (χ2n) is 4.16. The van der Waals surface area contributed by atoms with E-state index >= 15 is 0 Å². The summed E-state index contributed by atoms with van der Waals surface area (Å²) < 4.78 is 26.1. The van der Waals surface area contributed by atoms with Crippen LogP contribution in [-0.2, 0) is 0 Å². The molecule has 0 heterocycles. The lowest BCUT2D eigenvalue weighted by atomic mass is 10.2. The van der Waals surface area contributed by atoms with Crippen LogP contribution in [0.1, 0.15) is 5.56 Å². The molecular formula is C14H11ClF2N2O. The van der Waals surface area contributed by atoms with Gasteiger partial charge in [-0.15, -0.1) is 0 Å². The maximum atomic E-state index is 13.4. The highest BCUT2D eigenvalue weighted by Gasteiger charge is 2.09. The summed E-state index contributed by atoms with van der Waals surface area (Å²) in [5, 5.41) is 5.42. The van der Waals surface area contributed by atoms with Gasteiger partial charge in [-0.1, -0.05) is 11.6 Å². The Morgan fingerprint density at radius 1 is 1.05 bits per heavy atom. The van der Waals surface area contributed by atoms with E-state index in [0.29, 0.717) is 16.8 Å². The molecule has 0 aliphatic heterocycles. The number of carbonyl (C=O) groups excluding carboxylic acids is 1. The minimum Gasteiger partial charge on any atom is -0.307 e. The zero-order valence-corrected chi connectivity index (χ0v) is 11.3. The summed E-state index contributed by atoms with van der Waals surface area (Å²) >= 11 is 5.81. The molecule has 0 aliphatic rings. The molecule has 20 heavy (non-hydrogen) atoms. The number of urea groups is 1. The molecule has 0 saturated heterocycles. The average molecular weight is 297 g/mol. The van der Waals surface area contributed by atoms with Crippen molar-refractivity contribution < 1.29 is 13.6 Å². The second kappa shape index (κ2) is 5.88. The van der Waals surface area contributed by atoms with Gasteiger partial charge in [0.25, 0.3) is 0 Å². The number of carbonyl (C=O) groups is 1. The largest absolute Gasteiger partial charge is 0.323 e. The zero-order valence-electron chi connectivity index (χ0n) is 10.5. The van der Waals surface area contributed by atoms with Crippen molar-refractivity contribution in [1.82, 2.24) is 0 Å². The fourth-order valence-corrected chi connectivity index (χ4v) is 1.86. The molecule has 104 valence electrons. The molecular weight excluding hydrogens is 286 g/mol. The Labute approximate surface area is 119 Å². The SMILES string of the molecule is Cc1cc(Cl)ccc1NC(=O)Nc1ccc(F)cc1F. The smallest absolute Gasteiger partial charge is 0.307 e. The van der Waals surface area contributed by atoms with Gasteiger partial charge in [-0.3, -0.25) is 0 Å². The fraction of sp³-hybridized carbons (Fsp3) is 0.0714. The molecule has 2 aromatic carbocycles. The monoisotopic (exact) mass is 296 g/mol. The van der Waals surface area contributed by atoms with Gasteiger partial charge in [0.1, 0.15) is 11.6 Å². The van der Waals surface area contributed by atoms with Crippen molar-refractivity contribution in [2.45, 2.75) is 6.92 Å². The molecule has 0 aromatic heterocycles. The maximum absolute atomic E-state index is 13.4. The normalized spacial score (nSPS) is 10.2. The van der Waals surface area contributed by atoms with E-state index in [9.17, 15) is 13.6 Å². The van der Waals surface area contributed by atoms with Gasteiger partial charge in [0.2, 0.25) is 0 Å². The quantitative estimate of drug-likeness (QED) is 0.837. The van der Waals surface area contributed by atoms with Gasteiger partial charge in [-0.05, 0) is 42.8 Å². The lowest BCUT2D eigenvalue weighted by molar-refractivity contribution is 0.262. The number of rotatable bonds is 2. The summed E-state index contributed by atoms with van der Waals surface area (Å²) in [4.78, 5) is 11.7. The third-order valence-corrected chi connectivity index (χ3v) is 2.85. The molecule has 2 aromatic rings. The van der Waals surface area contributed by atoms with Gasteiger partial charge < -0.3 is 10.6 Å². The van der Waals surface area contributed by atoms with Crippen molar-refractivity contribution in [2.75, 3.05) is 10.6 Å². The van der Waals surface area contributed by atoms with E-state index < -0.39 is 17.7 Å². The number of hydrogen-bond donors (Lipinski definition) is 2. The summed E-state index contributed by atoms with van der Waals surface area (Å²) in [6.45, 7) is 1.78. The first-order valence-electron chi connectivity index (χ1n) is 5.75. The highest BCUT2D eigenvalue weighted by atomic mass is 35.5. The van der Waals surface area contributed by atoms with Gasteiger partial charge in [-0.25, -0.2) is 13.6 Å². The third-order valence-electron chi connectivity index (χ3n) is 2.62. The number of benzene rings is 2. The Bertz CT molecular complexity index is 606. The first-order chi connectivity index (χ1) is 9.45. The summed E-state index contributed by atoms with van der Waals surface area (Å²) in [5.74, 6) is -1.55. The Balaban J connectivity index is 2.09. The molecule has 0 bridgehead atoms. The van der Waals surface area contributed by atoms with Crippen molar-refractivity contribution in [3.05, 3.63) is 58.6 Å². The minimum absolute atomic E-state index is 0.101. The number of nitrogens with one attached hydrogen (secondary N) is 2. The average Bonchev–Trinajstić information content (AvgIpc) is 2.36. The minimum atomic E-state index is -0.840. The lowest BCUT2D eigenvalue weighted by Gasteiger charge is -2.10. The molecule has 2 rings (SSSR count). The molecule has 0 fully saturated rings. The van der Waals surface area contributed by atoms with E-state index in [4.69, 9.17) is 11.6 Å². The molecule has 0 unspecified atom stereocenters. The molecule has 3 nitrogen and oxygen atoms in total. The number of aryl methyl sites for hydroxylation is 1. The van der Waals surface area contributed by atoms with E-state index in [2.05, 4.69) is 10.6 Å². The first-order valence-corrected chi connectivity index (χ1v) is 6.13. The van der Waals surface area contributed by atoms with Crippen molar-refractivity contribution >= 4 is 29.0 Å². The van der Waals surface area contributed by atoms with Crippen molar-refractivity contribution in [2.24, 2.45) is 0 Å². The molecule has 2 N–H and O–H groups in total. The number of halogens is 3. The van der Waals surface area contributed by atoms with E-state index in [0.717, 1.165) is 17.7 Å². The van der Waals surface area contributed by atoms with Crippen LogP contribution in [0.5, 0.6) is 0 Å². The van der Waals surface area contributed by atoms with Crippen LogP contribution in [-0.4, -0.2) is 6.03 Å². The summed E-state index contributed by atoms with van der Waals surface area (Å²) in [6.07, 6.45) is 0. The van der Waals surface area contributed by atoms with Crippen LogP contribution in [0.15, 0.2) is 36.4 Å². The van der Waals surface area contributed by atoms with Gasteiger partial charge in [0, 0.05) is 16.8 Å². The molecule has 2 amide bonds. The van der Waals surface area contributed by atoms with Crippen LogP contribution in [0.4, 0.5) is 25.0 Å². The molecule has 0 atom stereocenters. The molecule has 6 heteroatoms. The Morgan fingerprint density at radius 3 is 2.35 bits per heavy atom. The highest BCUT2D eigenvalue weighted by Crippen LogP contribution is 2.20. The first kappa shape index (κ1) is 14.3. The molecule has 0 aliphatic carbocycles. The predicted octanol–water partition coefficient (Wildman–Crippen LogP) is 4.57. The van der Waals surface area contributed by atoms with Gasteiger partial charge >= 0.3 is 6.03 Å². The van der Waals surface area contributed by atoms with E-state index in [1.54, 1.807) is 25.1 Å². The Hall–Kier alpha value is -2.14. The fourth-order valence-electron chi connectivity index (χ4n) is 1.63. The molecule has 0 radical (unpaired) electrons.